The number of aromatic carboxylic acids is 1. The molecule has 0 fully saturated rings. The molecule has 0 saturated heterocycles. The van der Waals surface area contributed by atoms with Gasteiger partial charge in [0.1, 0.15) is 11.5 Å². The van der Waals surface area contributed by atoms with E-state index in [1.807, 2.05) is 26.8 Å². The lowest BCUT2D eigenvalue weighted by Crippen LogP contribution is -2.14. The number of amides is 1. The number of carboxylic acids is 1. The van der Waals surface area contributed by atoms with Crippen molar-refractivity contribution in [3.05, 3.63) is 64.2 Å². The molecule has 5 nitrogen and oxygen atoms in total. The van der Waals surface area contributed by atoms with Crippen LogP contribution < -0.4 is 5.73 Å². The number of halogens is 1. The van der Waals surface area contributed by atoms with E-state index in [0.29, 0.717) is 12.1 Å². The van der Waals surface area contributed by atoms with E-state index in [4.69, 9.17) is 5.73 Å². The number of hydrogen-bond donors (Lipinski definition) is 2. The van der Waals surface area contributed by atoms with Crippen LogP contribution in [0.15, 0.2) is 30.3 Å². The van der Waals surface area contributed by atoms with E-state index < -0.39 is 17.7 Å². The zero-order chi connectivity index (χ0) is 18.7. The Kier molecular flexibility index (Phi) is 5.51. The molecule has 0 saturated carbocycles. The first-order chi connectivity index (χ1) is 11.7. The highest BCUT2D eigenvalue weighted by Gasteiger charge is 2.16. The SMILES string of the molecule is CC(C)c1cc(CC(C)c2ccc(F)c(C(N)=O)c2)nc(C(=O)O)c1. The fraction of sp³-hybridized carbons (Fsp3) is 0.316. The predicted molar refractivity (Wildman–Crippen MR) is 92.3 cm³/mol. The first kappa shape index (κ1) is 18.6. The standard InChI is InChI=1S/C19H21FN2O3/c1-10(2)13-7-14(22-17(9-13)19(24)25)6-11(3)12-4-5-16(20)15(8-12)18(21)23/h4-5,7-11H,6H2,1-3H3,(H2,21,23)(H,24,25). The molecule has 2 rings (SSSR count). The maximum absolute atomic E-state index is 13.6. The second-order valence-corrected chi connectivity index (χ2v) is 6.45. The molecule has 1 aromatic heterocycles. The van der Waals surface area contributed by atoms with Crippen LogP contribution in [-0.4, -0.2) is 22.0 Å². The van der Waals surface area contributed by atoms with Gasteiger partial charge in [-0.25, -0.2) is 14.2 Å². The lowest BCUT2D eigenvalue weighted by atomic mass is 9.92. The molecule has 1 unspecified atom stereocenters. The molecule has 6 heteroatoms. The van der Waals surface area contributed by atoms with Gasteiger partial charge in [-0.15, -0.1) is 0 Å². The van der Waals surface area contributed by atoms with Crippen molar-refractivity contribution < 1.29 is 19.1 Å². The van der Waals surface area contributed by atoms with Crippen molar-refractivity contribution in [2.24, 2.45) is 5.73 Å². The van der Waals surface area contributed by atoms with Crippen molar-refractivity contribution in [1.82, 2.24) is 4.98 Å². The zero-order valence-corrected chi connectivity index (χ0v) is 14.4. The summed E-state index contributed by atoms with van der Waals surface area (Å²) in [6, 6.07) is 7.70. The van der Waals surface area contributed by atoms with Crippen molar-refractivity contribution in [1.29, 1.82) is 0 Å². The van der Waals surface area contributed by atoms with Gasteiger partial charge in [-0.05, 0) is 53.6 Å². The van der Waals surface area contributed by atoms with Crippen molar-refractivity contribution in [2.75, 3.05) is 0 Å². The van der Waals surface area contributed by atoms with E-state index in [1.165, 1.54) is 12.1 Å². The fourth-order valence-electron chi connectivity index (χ4n) is 2.63. The Morgan fingerprint density at radius 2 is 1.84 bits per heavy atom. The van der Waals surface area contributed by atoms with Gasteiger partial charge in [0.2, 0.25) is 0 Å². The van der Waals surface area contributed by atoms with Crippen LogP contribution in [0.2, 0.25) is 0 Å². The van der Waals surface area contributed by atoms with E-state index in [0.717, 1.165) is 11.1 Å². The third kappa shape index (κ3) is 4.41. The Hall–Kier alpha value is -2.76. The minimum absolute atomic E-state index is 0.00494. The Labute approximate surface area is 145 Å². The summed E-state index contributed by atoms with van der Waals surface area (Å²) in [7, 11) is 0. The molecule has 25 heavy (non-hydrogen) atoms. The number of rotatable bonds is 6. The topological polar surface area (TPSA) is 93.3 Å². The largest absolute Gasteiger partial charge is 0.477 e. The van der Waals surface area contributed by atoms with E-state index >= 15 is 0 Å². The first-order valence-electron chi connectivity index (χ1n) is 8.02. The van der Waals surface area contributed by atoms with Crippen LogP contribution in [0, 0.1) is 5.82 Å². The monoisotopic (exact) mass is 344 g/mol. The maximum Gasteiger partial charge on any atom is 0.354 e. The minimum atomic E-state index is -1.07. The molecule has 1 aromatic carbocycles. The van der Waals surface area contributed by atoms with Gasteiger partial charge in [0.05, 0.1) is 5.56 Å². The quantitative estimate of drug-likeness (QED) is 0.839. The number of benzene rings is 1. The second kappa shape index (κ2) is 7.42. The number of pyridine rings is 1. The Morgan fingerprint density at radius 1 is 1.16 bits per heavy atom. The van der Waals surface area contributed by atoms with E-state index in [2.05, 4.69) is 4.98 Å². The van der Waals surface area contributed by atoms with Gasteiger partial charge in [0, 0.05) is 5.69 Å². The molecule has 0 spiro atoms. The van der Waals surface area contributed by atoms with Crippen LogP contribution in [0.5, 0.6) is 0 Å². The molecule has 1 atom stereocenters. The number of nitrogens with zero attached hydrogens (tertiary/aromatic N) is 1. The summed E-state index contributed by atoms with van der Waals surface area (Å²) >= 11 is 0. The van der Waals surface area contributed by atoms with Crippen LogP contribution in [0.4, 0.5) is 4.39 Å². The van der Waals surface area contributed by atoms with Crippen LogP contribution in [0.1, 0.15) is 70.3 Å². The molecule has 132 valence electrons. The Morgan fingerprint density at radius 3 is 2.40 bits per heavy atom. The van der Waals surface area contributed by atoms with Gasteiger partial charge in [0.15, 0.2) is 0 Å². The number of carbonyl (C=O) groups excluding carboxylic acids is 1. The molecule has 1 amide bonds. The van der Waals surface area contributed by atoms with Gasteiger partial charge < -0.3 is 10.8 Å². The summed E-state index contributed by atoms with van der Waals surface area (Å²) in [5.41, 5.74) is 7.31. The van der Waals surface area contributed by atoms with Gasteiger partial charge in [-0.1, -0.05) is 26.8 Å². The van der Waals surface area contributed by atoms with Crippen LogP contribution in [0.25, 0.3) is 0 Å². The highest BCUT2D eigenvalue weighted by atomic mass is 19.1. The number of carboxylic acid groups (broad SMARTS) is 1. The van der Waals surface area contributed by atoms with Crippen molar-refractivity contribution >= 4 is 11.9 Å². The van der Waals surface area contributed by atoms with E-state index in [-0.39, 0.29) is 23.1 Å². The minimum Gasteiger partial charge on any atom is -0.477 e. The molecule has 3 N–H and O–H groups in total. The molecule has 0 bridgehead atoms. The first-order valence-corrected chi connectivity index (χ1v) is 8.02. The van der Waals surface area contributed by atoms with Gasteiger partial charge in [-0.3, -0.25) is 4.79 Å². The van der Waals surface area contributed by atoms with Crippen molar-refractivity contribution in [2.45, 2.75) is 39.0 Å². The summed E-state index contributed by atoms with van der Waals surface area (Å²) in [5.74, 6) is -2.47. The smallest absolute Gasteiger partial charge is 0.354 e. The number of primary amides is 1. The van der Waals surface area contributed by atoms with E-state index in [9.17, 15) is 19.1 Å². The molecule has 2 aromatic rings. The third-order valence-corrected chi connectivity index (χ3v) is 4.13. The average Bonchev–Trinajstić information content (AvgIpc) is 2.54. The lowest BCUT2D eigenvalue weighted by molar-refractivity contribution is 0.0689. The second-order valence-electron chi connectivity index (χ2n) is 6.45. The van der Waals surface area contributed by atoms with Crippen LogP contribution in [0.3, 0.4) is 0 Å². The predicted octanol–water partition coefficient (Wildman–Crippen LogP) is 3.49. The van der Waals surface area contributed by atoms with Crippen LogP contribution >= 0.6 is 0 Å². The molecule has 0 aliphatic rings. The normalized spacial score (nSPS) is 12.2. The molecular weight excluding hydrogens is 323 g/mol. The van der Waals surface area contributed by atoms with Crippen molar-refractivity contribution in [3.8, 4) is 0 Å². The number of nitrogens with two attached hydrogens (primary N) is 1. The van der Waals surface area contributed by atoms with Gasteiger partial charge in [0.25, 0.3) is 5.91 Å². The summed E-state index contributed by atoms with van der Waals surface area (Å²) in [6.07, 6.45) is 0.463. The molecule has 0 aliphatic heterocycles. The molecule has 0 radical (unpaired) electrons. The highest BCUT2D eigenvalue weighted by Crippen LogP contribution is 2.24. The third-order valence-electron chi connectivity index (χ3n) is 4.13. The van der Waals surface area contributed by atoms with Gasteiger partial charge in [-0.2, -0.15) is 0 Å². The summed E-state index contributed by atoms with van der Waals surface area (Å²) in [4.78, 5) is 26.8. The lowest BCUT2D eigenvalue weighted by Gasteiger charge is -2.15. The number of hydrogen-bond acceptors (Lipinski definition) is 3. The van der Waals surface area contributed by atoms with Crippen LogP contribution in [-0.2, 0) is 6.42 Å². The van der Waals surface area contributed by atoms with E-state index in [1.54, 1.807) is 12.1 Å². The average molecular weight is 344 g/mol. The Balaban J connectivity index is 2.34. The molecule has 0 aliphatic carbocycles. The highest BCUT2D eigenvalue weighted by molar-refractivity contribution is 5.93. The maximum atomic E-state index is 13.6. The summed E-state index contributed by atoms with van der Waals surface area (Å²) in [5, 5.41) is 9.24. The zero-order valence-electron chi connectivity index (χ0n) is 14.4. The molecule has 1 heterocycles. The number of aromatic nitrogens is 1. The fourth-order valence-corrected chi connectivity index (χ4v) is 2.63. The Bertz CT molecular complexity index is 818. The molecular formula is C19H21FN2O3. The summed E-state index contributed by atoms with van der Waals surface area (Å²) < 4.78 is 13.6. The van der Waals surface area contributed by atoms with Crippen molar-refractivity contribution in [3.63, 3.8) is 0 Å². The summed E-state index contributed by atoms with van der Waals surface area (Å²) in [6.45, 7) is 5.86. The van der Waals surface area contributed by atoms with Gasteiger partial charge >= 0.3 is 5.97 Å². The number of carbonyl (C=O) groups is 2.